The fourth-order valence-corrected chi connectivity index (χ4v) is 1.15. The van der Waals surface area contributed by atoms with Crippen molar-refractivity contribution in [3.8, 4) is 5.75 Å². The van der Waals surface area contributed by atoms with E-state index in [4.69, 9.17) is 5.11 Å². The van der Waals surface area contributed by atoms with E-state index in [0.717, 1.165) is 6.07 Å². The molecular weight excluding hydrogens is 234 g/mol. The molecular formula is C7H4F2O5S. The monoisotopic (exact) mass is 238 g/mol. The summed E-state index contributed by atoms with van der Waals surface area (Å²) in [6.07, 6.45) is 0. The van der Waals surface area contributed by atoms with Gasteiger partial charge in [0.15, 0.2) is 11.6 Å². The number of carbonyl (C=O) groups is 1. The molecule has 0 aliphatic heterocycles. The molecule has 0 spiro atoms. The quantitative estimate of drug-likeness (QED) is 0.798. The van der Waals surface area contributed by atoms with Gasteiger partial charge in [-0.15, -0.1) is 0 Å². The maximum Gasteiger partial charge on any atom is 0.488 e. The maximum absolute atomic E-state index is 12.8. The molecule has 0 fully saturated rings. The standard InChI is InChI=1S/C7H4F2O5S/c8-5-2-1-4(7(10)11)3-6(5)14-15(9,12)13/h1-3H,(H,10,11). The van der Waals surface area contributed by atoms with Gasteiger partial charge in [0.25, 0.3) is 0 Å². The Hall–Kier alpha value is -1.70. The van der Waals surface area contributed by atoms with Crippen LogP contribution < -0.4 is 4.18 Å². The van der Waals surface area contributed by atoms with Crippen molar-refractivity contribution in [2.75, 3.05) is 0 Å². The first-order valence-corrected chi connectivity index (χ1v) is 4.77. The Labute approximate surface area is 83.3 Å². The fourth-order valence-electron chi connectivity index (χ4n) is 0.807. The number of hydrogen-bond donors (Lipinski definition) is 1. The van der Waals surface area contributed by atoms with Crippen molar-refractivity contribution < 1.29 is 30.8 Å². The zero-order chi connectivity index (χ0) is 11.6. The first kappa shape index (κ1) is 11.4. The van der Waals surface area contributed by atoms with Gasteiger partial charge in [-0.3, -0.25) is 0 Å². The minimum absolute atomic E-state index is 0.421. The Kier molecular flexibility index (Phi) is 2.89. The Morgan fingerprint density at radius 1 is 1.40 bits per heavy atom. The second kappa shape index (κ2) is 3.81. The molecule has 1 aromatic rings. The van der Waals surface area contributed by atoms with Gasteiger partial charge in [0.2, 0.25) is 0 Å². The summed E-state index contributed by atoms with van der Waals surface area (Å²) >= 11 is 0. The lowest BCUT2D eigenvalue weighted by Crippen LogP contribution is -2.05. The third-order valence-electron chi connectivity index (χ3n) is 1.37. The number of aromatic carboxylic acids is 1. The van der Waals surface area contributed by atoms with Crippen molar-refractivity contribution in [1.29, 1.82) is 0 Å². The van der Waals surface area contributed by atoms with Gasteiger partial charge in [-0.1, -0.05) is 3.89 Å². The molecule has 0 amide bonds. The first-order chi connectivity index (χ1) is 6.79. The second-order valence-corrected chi connectivity index (χ2v) is 3.38. The fraction of sp³-hybridized carbons (Fsp3) is 0. The maximum atomic E-state index is 12.8. The SMILES string of the molecule is O=C(O)c1ccc(F)c(OS(=O)(=O)F)c1. The summed E-state index contributed by atoms with van der Waals surface area (Å²) in [4.78, 5) is 10.4. The van der Waals surface area contributed by atoms with Gasteiger partial charge < -0.3 is 9.29 Å². The molecule has 0 unspecified atom stereocenters. The van der Waals surface area contributed by atoms with Crippen LogP contribution in [0.3, 0.4) is 0 Å². The average molecular weight is 238 g/mol. The zero-order valence-electron chi connectivity index (χ0n) is 6.98. The Morgan fingerprint density at radius 3 is 2.47 bits per heavy atom. The predicted octanol–water partition coefficient (Wildman–Crippen LogP) is 1.12. The minimum atomic E-state index is -5.38. The van der Waals surface area contributed by atoms with Crippen molar-refractivity contribution >= 4 is 16.5 Å². The van der Waals surface area contributed by atoms with E-state index in [1.54, 1.807) is 0 Å². The molecule has 0 saturated heterocycles. The molecule has 0 bridgehead atoms. The van der Waals surface area contributed by atoms with E-state index in [2.05, 4.69) is 4.18 Å². The van der Waals surface area contributed by atoms with Crippen molar-refractivity contribution in [3.63, 3.8) is 0 Å². The second-order valence-electron chi connectivity index (χ2n) is 2.43. The number of carboxylic acid groups (broad SMARTS) is 1. The van der Waals surface area contributed by atoms with Crippen LogP contribution in [0, 0.1) is 5.82 Å². The highest BCUT2D eigenvalue weighted by Gasteiger charge is 2.16. The van der Waals surface area contributed by atoms with E-state index in [1.165, 1.54) is 0 Å². The Balaban J connectivity index is 3.17. The van der Waals surface area contributed by atoms with Crippen LogP contribution in [-0.4, -0.2) is 19.5 Å². The smallest absolute Gasteiger partial charge is 0.478 e. The highest BCUT2D eigenvalue weighted by molar-refractivity contribution is 7.81. The molecule has 0 aromatic heterocycles. The molecule has 1 aromatic carbocycles. The van der Waals surface area contributed by atoms with Crippen LogP contribution >= 0.6 is 0 Å². The Morgan fingerprint density at radius 2 is 2.00 bits per heavy atom. The van der Waals surface area contributed by atoms with Crippen LogP contribution in [0.2, 0.25) is 0 Å². The molecule has 0 saturated carbocycles. The van der Waals surface area contributed by atoms with Crippen molar-refractivity contribution in [2.45, 2.75) is 0 Å². The van der Waals surface area contributed by atoms with Gasteiger partial charge in [0.05, 0.1) is 5.56 Å². The van der Waals surface area contributed by atoms with Gasteiger partial charge in [-0.2, -0.15) is 8.42 Å². The van der Waals surface area contributed by atoms with E-state index in [0.29, 0.717) is 12.1 Å². The van der Waals surface area contributed by atoms with E-state index in [-0.39, 0.29) is 0 Å². The van der Waals surface area contributed by atoms with Crippen molar-refractivity contribution in [2.24, 2.45) is 0 Å². The minimum Gasteiger partial charge on any atom is -0.478 e. The largest absolute Gasteiger partial charge is 0.488 e. The number of halogens is 2. The topological polar surface area (TPSA) is 80.7 Å². The lowest BCUT2D eigenvalue weighted by Gasteiger charge is -2.02. The molecule has 15 heavy (non-hydrogen) atoms. The summed E-state index contributed by atoms with van der Waals surface area (Å²) in [6, 6.07) is 2.11. The summed E-state index contributed by atoms with van der Waals surface area (Å²) in [5.41, 5.74) is -0.421. The summed E-state index contributed by atoms with van der Waals surface area (Å²) in [5, 5.41) is 8.48. The first-order valence-electron chi connectivity index (χ1n) is 3.46. The molecule has 1 rings (SSSR count). The molecule has 0 radical (unpaired) electrons. The molecule has 82 valence electrons. The molecule has 0 aliphatic carbocycles. The predicted molar refractivity (Wildman–Crippen MR) is 44.0 cm³/mol. The highest BCUT2D eigenvalue weighted by atomic mass is 32.3. The Bertz CT molecular complexity index is 496. The van der Waals surface area contributed by atoms with E-state index < -0.39 is 33.6 Å². The van der Waals surface area contributed by atoms with Gasteiger partial charge in [-0.25, -0.2) is 9.18 Å². The van der Waals surface area contributed by atoms with Crippen LogP contribution in [0.1, 0.15) is 10.4 Å². The molecule has 0 heterocycles. The highest BCUT2D eigenvalue weighted by Crippen LogP contribution is 2.20. The van der Waals surface area contributed by atoms with E-state index >= 15 is 0 Å². The normalized spacial score (nSPS) is 11.1. The van der Waals surface area contributed by atoms with Gasteiger partial charge in [0, 0.05) is 0 Å². The lowest BCUT2D eigenvalue weighted by atomic mass is 10.2. The van der Waals surface area contributed by atoms with Crippen molar-refractivity contribution in [1.82, 2.24) is 0 Å². The molecule has 8 heteroatoms. The molecule has 5 nitrogen and oxygen atoms in total. The molecule has 0 atom stereocenters. The van der Waals surface area contributed by atoms with E-state index in [9.17, 15) is 21.5 Å². The van der Waals surface area contributed by atoms with E-state index in [1.807, 2.05) is 0 Å². The van der Waals surface area contributed by atoms with Gasteiger partial charge in [0.1, 0.15) is 0 Å². The van der Waals surface area contributed by atoms with Gasteiger partial charge in [-0.05, 0) is 18.2 Å². The van der Waals surface area contributed by atoms with Crippen LogP contribution in [0.5, 0.6) is 5.75 Å². The third kappa shape index (κ3) is 3.17. The van der Waals surface area contributed by atoms with Crippen LogP contribution in [-0.2, 0) is 10.5 Å². The number of benzene rings is 1. The average Bonchev–Trinajstić information content (AvgIpc) is 2.06. The third-order valence-corrected chi connectivity index (χ3v) is 1.75. The van der Waals surface area contributed by atoms with Crippen LogP contribution in [0.4, 0.5) is 8.28 Å². The lowest BCUT2D eigenvalue weighted by molar-refractivity contribution is 0.0696. The molecule has 0 aliphatic rings. The summed E-state index contributed by atoms with van der Waals surface area (Å²) < 4.78 is 48.5. The van der Waals surface area contributed by atoms with Crippen molar-refractivity contribution in [3.05, 3.63) is 29.6 Å². The number of rotatable bonds is 3. The summed E-state index contributed by atoms with van der Waals surface area (Å²) in [7, 11) is -5.38. The summed E-state index contributed by atoms with van der Waals surface area (Å²) in [6.45, 7) is 0. The summed E-state index contributed by atoms with van der Waals surface area (Å²) in [5.74, 6) is -3.60. The van der Waals surface area contributed by atoms with Crippen LogP contribution in [0.15, 0.2) is 18.2 Å². The number of hydrogen-bond acceptors (Lipinski definition) is 4. The van der Waals surface area contributed by atoms with Crippen LogP contribution in [0.25, 0.3) is 0 Å². The molecule has 1 N–H and O–H groups in total. The number of carboxylic acids is 1. The van der Waals surface area contributed by atoms with Gasteiger partial charge >= 0.3 is 16.5 Å². The zero-order valence-corrected chi connectivity index (χ0v) is 7.79.